The molecule has 2 atom stereocenters. The summed E-state index contributed by atoms with van der Waals surface area (Å²) in [5.74, 6) is 0. The molecule has 0 saturated carbocycles. The van der Waals surface area contributed by atoms with Gasteiger partial charge in [0, 0.05) is 13.2 Å². The minimum absolute atomic E-state index is 0.257. The molecule has 0 amide bonds. The number of ether oxygens (including phenoxy) is 2. The molecular weight excluding hydrogens is 320 g/mol. The van der Waals surface area contributed by atoms with Crippen molar-refractivity contribution in [1.82, 2.24) is 0 Å². The fourth-order valence-electron chi connectivity index (χ4n) is 2.65. The number of hydrogen-bond donors (Lipinski definition) is 0. The molecule has 0 bridgehead atoms. The van der Waals surface area contributed by atoms with Crippen molar-refractivity contribution in [1.29, 1.82) is 0 Å². The van der Waals surface area contributed by atoms with Crippen LogP contribution in [0.3, 0.4) is 0 Å². The first-order valence-corrected chi connectivity index (χ1v) is 12.4. The average molecular weight is 361 g/mol. The molecule has 0 aromatic carbocycles. The lowest BCUT2D eigenvalue weighted by Gasteiger charge is -2.32. The second-order valence-corrected chi connectivity index (χ2v) is 10.5. The quantitative estimate of drug-likeness (QED) is 0.207. The number of hydrogen-bond acceptors (Lipinski definition) is 4. The zero-order valence-corrected chi connectivity index (χ0v) is 17.5. The molecule has 0 spiro atoms. The van der Waals surface area contributed by atoms with Gasteiger partial charge in [-0.25, -0.2) is 0 Å². The van der Waals surface area contributed by atoms with Crippen LogP contribution in [0.5, 0.6) is 0 Å². The summed E-state index contributed by atoms with van der Waals surface area (Å²) in [6.45, 7) is 12.1. The summed E-state index contributed by atoms with van der Waals surface area (Å²) >= 11 is 0. The van der Waals surface area contributed by atoms with Crippen LogP contribution in [0.15, 0.2) is 0 Å². The first-order valence-electron chi connectivity index (χ1n) is 10.2. The molecule has 0 aromatic rings. The van der Waals surface area contributed by atoms with E-state index in [1.165, 1.54) is 25.7 Å². The van der Waals surface area contributed by atoms with Gasteiger partial charge >= 0.3 is 8.56 Å². The molecule has 2 unspecified atom stereocenters. The zero-order valence-electron chi connectivity index (χ0n) is 16.5. The van der Waals surface area contributed by atoms with Crippen molar-refractivity contribution < 1.29 is 18.3 Å². The summed E-state index contributed by atoms with van der Waals surface area (Å²) < 4.78 is 24.0. The van der Waals surface area contributed by atoms with Gasteiger partial charge in [-0.15, -0.1) is 0 Å². The molecule has 1 aliphatic heterocycles. The minimum atomic E-state index is -2.11. The summed E-state index contributed by atoms with van der Waals surface area (Å²) in [6.07, 6.45) is 8.64. The van der Waals surface area contributed by atoms with Crippen molar-refractivity contribution in [3.8, 4) is 0 Å². The predicted molar refractivity (Wildman–Crippen MR) is 102 cm³/mol. The van der Waals surface area contributed by atoms with Crippen molar-refractivity contribution in [2.75, 3.05) is 26.4 Å². The van der Waals surface area contributed by atoms with Crippen molar-refractivity contribution in [3.63, 3.8) is 0 Å². The SMILES string of the molecule is CCCCO[Si](CCCC)(CCC(C)OCC1CO1)OCCCC. The molecule has 5 heteroatoms. The Morgan fingerprint density at radius 3 is 2.04 bits per heavy atom. The van der Waals surface area contributed by atoms with Gasteiger partial charge in [-0.2, -0.15) is 0 Å². The molecule has 24 heavy (non-hydrogen) atoms. The molecule has 1 fully saturated rings. The van der Waals surface area contributed by atoms with Gasteiger partial charge in [-0.1, -0.05) is 46.5 Å². The minimum Gasteiger partial charge on any atom is -0.394 e. The Bertz CT molecular complexity index is 287. The Kier molecular flexibility index (Phi) is 12.2. The van der Waals surface area contributed by atoms with Crippen molar-refractivity contribution >= 4 is 8.56 Å². The predicted octanol–water partition coefficient (Wildman–Crippen LogP) is 5.06. The summed E-state index contributed by atoms with van der Waals surface area (Å²) in [6, 6.07) is 2.17. The van der Waals surface area contributed by atoms with E-state index in [9.17, 15) is 0 Å². The fourth-order valence-corrected chi connectivity index (χ4v) is 6.33. The first kappa shape index (κ1) is 22.1. The third-order valence-electron chi connectivity index (χ3n) is 4.54. The van der Waals surface area contributed by atoms with Gasteiger partial charge in [0.2, 0.25) is 0 Å². The van der Waals surface area contributed by atoms with Gasteiger partial charge < -0.3 is 18.3 Å². The van der Waals surface area contributed by atoms with Crippen LogP contribution in [0, 0.1) is 0 Å². The maximum absolute atomic E-state index is 6.44. The second-order valence-electron chi connectivity index (χ2n) is 7.06. The van der Waals surface area contributed by atoms with Crippen molar-refractivity contribution in [3.05, 3.63) is 0 Å². The summed E-state index contributed by atoms with van der Waals surface area (Å²) in [7, 11) is -2.11. The average Bonchev–Trinajstić information content (AvgIpc) is 3.41. The molecule has 4 nitrogen and oxygen atoms in total. The van der Waals surface area contributed by atoms with E-state index in [0.717, 1.165) is 57.8 Å². The molecule has 0 aliphatic carbocycles. The summed E-state index contributed by atoms with van der Waals surface area (Å²) in [4.78, 5) is 0. The van der Waals surface area contributed by atoms with Crippen LogP contribution < -0.4 is 0 Å². The number of unbranched alkanes of at least 4 members (excludes halogenated alkanes) is 3. The lowest BCUT2D eigenvalue weighted by atomic mass is 10.3. The third kappa shape index (κ3) is 10.1. The number of rotatable bonds is 17. The normalized spacial score (nSPS) is 18.8. The molecule has 1 saturated heterocycles. The van der Waals surface area contributed by atoms with Crippen LogP contribution >= 0.6 is 0 Å². The van der Waals surface area contributed by atoms with Crippen LogP contribution in [-0.4, -0.2) is 47.2 Å². The van der Waals surface area contributed by atoms with E-state index < -0.39 is 8.56 Å². The van der Waals surface area contributed by atoms with Crippen LogP contribution in [0.2, 0.25) is 12.1 Å². The molecule has 1 aliphatic rings. The van der Waals surface area contributed by atoms with Crippen LogP contribution in [-0.2, 0) is 18.3 Å². The van der Waals surface area contributed by atoms with Crippen molar-refractivity contribution in [2.45, 2.75) is 96.9 Å². The highest BCUT2D eigenvalue weighted by atomic mass is 28.4. The molecule has 1 heterocycles. The highest BCUT2D eigenvalue weighted by molar-refractivity contribution is 6.67. The largest absolute Gasteiger partial charge is 0.394 e. The first-order chi connectivity index (χ1) is 11.7. The summed E-state index contributed by atoms with van der Waals surface area (Å²) in [5, 5.41) is 0. The van der Waals surface area contributed by atoms with Crippen LogP contribution in [0.25, 0.3) is 0 Å². The molecule has 0 N–H and O–H groups in total. The summed E-state index contributed by atoms with van der Waals surface area (Å²) in [5.41, 5.74) is 0. The van der Waals surface area contributed by atoms with E-state index in [0.29, 0.717) is 6.10 Å². The molecule has 0 aromatic heterocycles. The van der Waals surface area contributed by atoms with E-state index in [4.69, 9.17) is 18.3 Å². The van der Waals surface area contributed by atoms with Gasteiger partial charge in [0.25, 0.3) is 0 Å². The zero-order chi connectivity index (χ0) is 17.7. The van der Waals surface area contributed by atoms with Gasteiger partial charge in [-0.05, 0) is 38.3 Å². The topological polar surface area (TPSA) is 40.2 Å². The van der Waals surface area contributed by atoms with E-state index in [-0.39, 0.29) is 6.10 Å². The maximum atomic E-state index is 6.44. The Labute approximate surface area is 150 Å². The molecule has 1 rings (SSSR count). The van der Waals surface area contributed by atoms with Gasteiger partial charge in [0.1, 0.15) is 6.10 Å². The lowest BCUT2D eigenvalue weighted by Crippen LogP contribution is -2.43. The van der Waals surface area contributed by atoms with E-state index in [1.54, 1.807) is 0 Å². The van der Waals surface area contributed by atoms with E-state index >= 15 is 0 Å². The smallest absolute Gasteiger partial charge is 0.338 e. The Morgan fingerprint density at radius 2 is 1.54 bits per heavy atom. The standard InChI is InChI=1S/C19H40O4Si/c1-5-8-12-22-24(14-10-7-3,23-13-9-6-2)15-11-18(4)20-16-19-17-21-19/h18-19H,5-17H2,1-4H3. The van der Waals surface area contributed by atoms with Gasteiger partial charge in [0.05, 0.1) is 19.3 Å². The van der Waals surface area contributed by atoms with Gasteiger partial charge in [-0.3, -0.25) is 0 Å². The highest BCUT2D eigenvalue weighted by Crippen LogP contribution is 2.26. The Hall–Kier alpha value is 0.0569. The van der Waals surface area contributed by atoms with Crippen molar-refractivity contribution in [2.24, 2.45) is 0 Å². The Balaban J connectivity index is 2.50. The third-order valence-corrected chi connectivity index (χ3v) is 8.16. The van der Waals surface area contributed by atoms with E-state index in [2.05, 4.69) is 27.7 Å². The molecule has 0 radical (unpaired) electrons. The second kappa shape index (κ2) is 13.3. The van der Waals surface area contributed by atoms with Gasteiger partial charge in [0.15, 0.2) is 0 Å². The van der Waals surface area contributed by atoms with Crippen LogP contribution in [0.4, 0.5) is 0 Å². The monoisotopic (exact) mass is 360 g/mol. The van der Waals surface area contributed by atoms with Crippen LogP contribution in [0.1, 0.15) is 72.6 Å². The lowest BCUT2D eigenvalue weighted by molar-refractivity contribution is 0.0492. The number of epoxide rings is 1. The van der Waals surface area contributed by atoms with E-state index in [1.807, 2.05) is 0 Å². The fraction of sp³-hybridized carbons (Fsp3) is 1.00. The maximum Gasteiger partial charge on any atom is 0.338 e. The highest BCUT2D eigenvalue weighted by Gasteiger charge is 2.37. The molecule has 144 valence electrons. The Morgan fingerprint density at radius 1 is 0.958 bits per heavy atom. The molecular formula is C19H40O4Si.